The minimum atomic E-state index is -4.47. The van der Waals surface area contributed by atoms with E-state index in [1.54, 1.807) is 24.5 Å². The Kier molecular flexibility index (Phi) is 5.03. The predicted octanol–water partition coefficient (Wildman–Crippen LogP) is 5.19. The number of aryl methyl sites for hydroxylation is 1. The van der Waals surface area contributed by atoms with E-state index in [2.05, 4.69) is 15.3 Å². The van der Waals surface area contributed by atoms with E-state index in [1.165, 1.54) is 17.2 Å². The number of anilines is 2. The van der Waals surface area contributed by atoms with Gasteiger partial charge in [-0.3, -0.25) is 9.88 Å². The van der Waals surface area contributed by atoms with E-state index in [0.717, 1.165) is 17.7 Å². The minimum absolute atomic E-state index is 0.266. The fourth-order valence-corrected chi connectivity index (χ4v) is 3.14. The molecule has 0 atom stereocenters. The van der Waals surface area contributed by atoms with E-state index in [-0.39, 0.29) is 5.69 Å². The molecule has 0 spiro atoms. The normalized spacial score (nSPS) is 13.1. The Bertz CT molecular complexity index is 1080. The molecule has 1 aromatic carbocycles. The molecule has 2 aromatic heterocycles. The van der Waals surface area contributed by atoms with E-state index in [0.29, 0.717) is 35.8 Å². The van der Waals surface area contributed by atoms with Crippen LogP contribution in [0.2, 0.25) is 0 Å². The second-order valence-corrected chi connectivity index (χ2v) is 6.80. The Morgan fingerprint density at radius 3 is 2.70 bits per heavy atom. The van der Waals surface area contributed by atoms with Crippen molar-refractivity contribution in [2.45, 2.75) is 19.5 Å². The average Bonchev–Trinajstić information content (AvgIpc) is 3.14. The lowest BCUT2D eigenvalue weighted by Gasteiger charge is -2.19. The third-order valence-corrected chi connectivity index (χ3v) is 4.75. The van der Waals surface area contributed by atoms with Gasteiger partial charge in [-0.1, -0.05) is 6.07 Å². The number of pyridine rings is 2. The topological polar surface area (TPSA) is 67.3 Å². The van der Waals surface area contributed by atoms with Crippen LogP contribution in [0.3, 0.4) is 0 Å². The maximum atomic E-state index is 13.0. The number of urea groups is 1. The quantitative estimate of drug-likeness (QED) is 0.641. The third kappa shape index (κ3) is 4.05. The predicted molar refractivity (Wildman–Crippen MR) is 105 cm³/mol. The van der Waals surface area contributed by atoms with Crippen molar-refractivity contribution in [1.82, 2.24) is 9.97 Å². The number of hydrogen-bond donors (Lipinski definition) is 1. The van der Waals surface area contributed by atoms with Crippen molar-refractivity contribution >= 4 is 17.4 Å². The van der Waals surface area contributed by atoms with E-state index in [4.69, 9.17) is 4.74 Å². The number of halogens is 3. The molecule has 9 heteroatoms. The first-order chi connectivity index (χ1) is 14.3. The second-order valence-electron chi connectivity index (χ2n) is 6.80. The van der Waals surface area contributed by atoms with E-state index in [9.17, 15) is 18.0 Å². The molecule has 0 fully saturated rings. The molecule has 1 aliphatic rings. The number of hydrogen-bond acceptors (Lipinski definition) is 4. The summed E-state index contributed by atoms with van der Waals surface area (Å²) < 4.78 is 44.7. The molecule has 1 N–H and O–H groups in total. The lowest BCUT2D eigenvalue weighted by Crippen LogP contribution is -2.33. The van der Waals surface area contributed by atoms with Crippen LogP contribution in [0.5, 0.6) is 11.6 Å². The Morgan fingerprint density at radius 2 is 2.00 bits per heavy atom. The van der Waals surface area contributed by atoms with Gasteiger partial charge in [-0.25, -0.2) is 9.78 Å². The summed E-state index contributed by atoms with van der Waals surface area (Å²) in [5.74, 6) is 0.890. The molecule has 6 nitrogen and oxygen atoms in total. The van der Waals surface area contributed by atoms with Gasteiger partial charge in [-0.05, 0) is 48.7 Å². The molecule has 0 saturated carbocycles. The Hall–Kier alpha value is -3.62. The van der Waals surface area contributed by atoms with Crippen molar-refractivity contribution in [3.05, 3.63) is 71.7 Å². The van der Waals surface area contributed by atoms with E-state index >= 15 is 0 Å². The first-order valence-corrected chi connectivity index (χ1v) is 9.14. The third-order valence-electron chi connectivity index (χ3n) is 4.75. The van der Waals surface area contributed by atoms with Gasteiger partial charge in [0.1, 0.15) is 0 Å². The lowest BCUT2D eigenvalue weighted by atomic mass is 10.1. The molecule has 30 heavy (non-hydrogen) atoms. The highest BCUT2D eigenvalue weighted by Crippen LogP contribution is 2.36. The van der Waals surface area contributed by atoms with Gasteiger partial charge in [0.15, 0.2) is 5.75 Å². The van der Waals surface area contributed by atoms with Crippen LogP contribution in [-0.4, -0.2) is 22.5 Å². The fraction of sp³-hybridized carbons (Fsp3) is 0.190. The van der Waals surface area contributed by atoms with Crippen LogP contribution in [-0.2, 0) is 12.6 Å². The maximum Gasteiger partial charge on any atom is 0.416 e. The Balaban J connectivity index is 1.46. The van der Waals surface area contributed by atoms with Gasteiger partial charge in [0.2, 0.25) is 5.88 Å². The summed E-state index contributed by atoms with van der Waals surface area (Å²) in [6.45, 7) is 2.18. The Morgan fingerprint density at radius 1 is 1.17 bits per heavy atom. The molecule has 1 aliphatic heterocycles. The molecule has 0 bridgehead atoms. The van der Waals surface area contributed by atoms with Crippen molar-refractivity contribution in [3.63, 3.8) is 0 Å². The molecular weight excluding hydrogens is 397 g/mol. The minimum Gasteiger partial charge on any atom is -0.437 e. The standard InChI is InChI=1S/C21H17F3N4O2/c1-13-6-8-25-12-18(13)30-19-5-4-16(11-26-19)27-20(29)28-9-7-14-2-3-15(10-17(14)28)21(22,23)24/h2-6,8,10-12H,7,9H2,1H3,(H,27,29). The molecule has 3 aromatic rings. The molecule has 0 aliphatic carbocycles. The number of rotatable bonds is 3. The monoisotopic (exact) mass is 414 g/mol. The van der Waals surface area contributed by atoms with Crippen molar-refractivity contribution in [2.24, 2.45) is 0 Å². The van der Waals surface area contributed by atoms with Crippen molar-refractivity contribution < 1.29 is 22.7 Å². The smallest absolute Gasteiger partial charge is 0.416 e. The van der Waals surface area contributed by atoms with Gasteiger partial charge < -0.3 is 10.1 Å². The van der Waals surface area contributed by atoms with Crippen molar-refractivity contribution in [1.29, 1.82) is 0 Å². The van der Waals surface area contributed by atoms with Crippen LogP contribution in [0.1, 0.15) is 16.7 Å². The molecule has 0 unspecified atom stereocenters. The number of benzene rings is 1. The zero-order valence-electron chi connectivity index (χ0n) is 15.9. The first-order valence-electron chi connectivity index (χ1n) is 9.14. The summed E-state index contributed by atoms with van der Waals surface area (Å²) in [5.41, 5.74) is 1.48. The fourth-order valence-electron chi connectivity index (χ4n) is 3.14. The molecule has 3 heterocycles. The van der Waals surface area contributed by atoms with Crippen molar-refractivity contribution in [3.8, 4) is 11.6 Å². The summed E-state index contributed by atoms with van der Waals surface area (Å²) in [6.07, 6.45) is 0.680. The first kappa shape index (κ1) is 19.7. The number of alkyl halides is 3. The number of nitrogens with zero attached hydrogens (tertiary/aromatic N) is 3. The van der Waals surface area contributed by atoms with Gasteiger partial charge in [-0.2, -0.15) is 13.2 Å². The summed E-state index contributed by atoms with van der Waals surface area (Å²) in [4.78, 5) is 22.1. The zero-order valence-corrected chi connectivity index (χ0v) is 15.9. The number of carbonyl (C=O) groups excluding carboxylic acids is 1. The SMILES string of the molecule is Cc1ccncc1Oc1ccc(NC(=O)N2CCc3ccc(C(F)(F)F)cc32)cn1. The second kappa shape index (κ2) is 7.66. The molecule has 0 radical (unpaired) electrons. The largest absolute Gasteiger partial charge is 0.437 e. The molecule has 4 rings (SSSR count). The Labute approximate surface area is 170 Å². The summed E-state index contributed by atoms with van der Waals surface area (Å²) in [5, 5.41) is 2.66. The van der Waals surface area contributed by atoms with Gasteiger partial charge in [0, 0.05) is 24.5 Å². The lowest BCUT2D eigenvalue weighted by molar-refractivity contribution is -0.137. The van der Waals surface area contributed by atoms with Crippen LogP contribution in [0.15, 0.2) is 55.0 Å². The highest BCUT2D eigenvalue weighted by molar-refractivity contribution is 6.03. The molecule has 154 valence electrons. The molecule has 2 amide bonds. The van der Waals surface area contributed by atoms with E-state index in [1.807, 2.05) is 13.0 Å². The zero-order chi connectivity index (χ0) is 21.3. The van der Waals surface area contributed by atoms with Crippen molar-refractivity contribution in [2.75, 3.05) is 16.8 Å². The molecular formula is C21H17F3N4O2. The van der Waals surface area contributed by atoms with Gasteiger partial charge in [0.25, 0.3) is 0 Å². The number of nitrogens with one attached hydrogen (secondary N) is 1. The van der Waals surface area contributed by atoms with Crippen LogP contribution in [0, 0.1) is 6.92 Å². The molecule has 0 saturated heterocycles. The van der Waals surface area contributed by atoms with Crippen LogP contribution in [0.25, 0.3) is 0 Å². The highest BCUT2D eigenvalue weighted by Gasteiger charge is 2.33. The van der Waals surface area contributed by atoms with Gasteiger partial charge in [0.05, 0.1) is 23.6 Å². The van der Waals surface area contributed by atoms with Crippen LogP contribution < -0.4 is 15.0 Å². The number of fused-ring (bicyclic) bond motifs is 1. The number of ether oxygens (including phenoxy) is 1. The number of amides is 2. The summed E-state index contributed by atoms with van der Waals surface area (Å²) >= 11 is 0. The van der Waals surface area contributed by atoms with Crippen LogP contribution >= 0.6 is 0 Å². The summed E-state index contributed by atoms with van der Waals surface area (Å²) in [6, 6.07) is 7.94. The van der Waals surface area contributed by atoms with Gasteiger partial charge in [-0.15, -0.1) is 0 Å². The average molecular weight is 414 g/mol. The van der Waals surface area contributed by atoms with E-state index < -0.39 is 17.8 Å². The number of carbonyl (C=O) groups is 1. The van der Waals surface area contributed by atoms with Gasteiger partial charge >= 0.3 is 12.2 Å². The number of aromatic nitrogens is 2. The summed E-state index contributed by atoms with van der Waals surface area (Å²) in [7, 11) is 0. The maximum absolute atomic E-state index is 13.0. The van der Waals surface area contributed by atoms with Crippen LogP contribution in [0.4, 0.5) is 29.3 Å². The highest BCUT2D eigenvalue weighted by atomic mass is 19.4.